The SMILES string of the molecule is O=C(Nc1nccs1)[C@@H]1CCCN1c1nc2c(c(Nc3ncccn3)n1)CCC2. The number of thiazole rings is 1. The highest BCUT2D eigenvalue weighted by Gasteiger charge is 2.34. The molecular formula is C19H20N8OS. The van der Waals surface area contributed by atoms with E-state index in [2.05, 4.69) is 25.6 Å². The molecule has 5 rings (SSSR count). The fourth-order valence-electron chi connectivity index (χ4n) is 3.87. The Morgan fingerprint density at radius 3 is 2.83 bits per heavy atom. The lowest BCUT2D eigenvalue weighted by molar-refractivity contribution is -0.117. The highest BCUT2D eigenvalue weighted by atomic mass is 32.1. The molecule has 10 heteroatoms. The first-order chi connectivity index (χ1) is 14.3. The van der Waals surface area contributed by atoms with E-state index in [0.29, 0.717) is 17.0 Å². The molecule has 1 fully saturated rings. The van der Waals surface area contributed by atoms with Gasteiger partial charge in [0.2, 0.25) is 17.8 Å². The van der Waals surface area contributed by atoms with E-state index < -0.39 is 0 Å². The van der Waals surface area contributed by atoms with Crippen molar-refractivity contribution in [3.05, 3.63) is 41.3 Å². The highest BCUT2D eigenvalue weighted by Crippen LogP contribution is 2.32. The monoisotopic (exact) mass is 408 g/mol. The van der Waals surface area contributed by atoms with E-state index in [1.165, 1.54) is 11.3 Å². The molecule has 3 aromatic heterocycles. The predicted molar refractivity (Wildman–Crippen MR) is 110 cm³/mol. The van der Waals surface area contributed by atoms with Gasteiger partial charge in [0.05, 0.1) is 5.69 Å². The van der Waals surface area contributed by atoms with Crippen LogP contribution < -0.4 is 15.5 Å². The summed E-state index contributed by atoms with van der Waals surface area (Å²) < 4.78 is 0. The van der Waals surface area contributed by atoms with Crippen molar-refractivity contribution < 1.29 is 4.79 Å². The van der Waals surface area contributed by atoms with Gasteiger partial charge in [-0.3, -0.25) is 4.79 Å². The van der Waals surface area contributed by atoms with Gasteiger partial charge in [0, 0.05) is 36.1 Å². The molecular weight excluding hydrogens is 388 g/mol. The van der Waals surface area contributed by atoms with E-state index in [1.807, 2.05) is 10.3 Å². The minimum absolute atomic E-state index is 0.0672. The zero-order chi connectivity index (χ0) is 19.6. The van der Waals surface area contributed by atoms with Crippen LogP contribution in [0.15, 0.2) is 30.0 Å². The summed E-state index contributed by atoms with van der Waals surface area (Å²) in [6.45, 7) is 0.746. The highest BCUT2D eigenvalue weighted by molar-refractivity contribution is 7.13. The fraction of sp³-hybridized carbons (Fsp3) is 0.368. The van der Waals surface area contributed by atoms with Gasteiger partial charge in [-0.05, 0) is 38.2 Å². The molecule has 2 aliphatic rings. The van der Waals surface area contributed by atoms with E-state index >= 15 is 0 Å². The predicted octanol–water partition coefficient (Wildman–Crippen LogP) is 2.56. The fourth-order valence-corrected chi connectivity index (χ4v) is 4.41. The Kier molecular flexibility index (Phi) is 4.76. The third kappa shape index (κ3) is 3.63. The Bertz CT molecular complexity index is 1010. The van der Waals surface area contributed by atoms with Gasteiger partial charge in [-0.15, -0.1) is 11.3 Å². The number of anilines is 4. The maximum Gasteiger partial charge on any atom is 0.248 e. The lowest BCUT2D eigenvalue weighted by atomic mass is 10.2. The summed E-state index contributed by atoms with van der Waals surface area (Å²) >= 11 is 1.41. The number of amides is 1. The van der Waals surface area contributed by atoms with E-state index in [1.54, 1.807) is 24.7 Å². The minimum atomic E-state index is -0.306. The molecule has 1 amide bonds. The first kappa shape index (κ1) is 17.9. The summed E-state index contributed by atoms with van der Waals surface area (Å²) in [7, 11) is 0. The van der Waals surface area contributed by atoms with Crippen molar-refractivity contribution in [2.45, 2.75) is 38.1 Å². The van der Waals surface area contributed by atoms with Crippen LogP contribution in [0.1, 0.15) is 30.5 Å². The summed E-state index contributed by atoms with van der Waals surface area (Å²) in [6, 6.07) is 1.47. The second-order valence-electron chi connectivity index (χ2n) is 7.03. The number of hydrogen-bond acceptors (Lipinski definition) is 9. The third-order valence-corrected chi connectivity index (χ3v) is 5.88. The Morgan fingerprint density at radius 1 is 1.10 bits per heavy atom. The lowest BCUT2D eigenvalue weighted by Crippen LogP contribution is -2.40. The number of nitrogens with one attached hydrogen (secondary N) is 2. The number of nitrogens with zero attached hydrogens (tertiary/aromatic N) is 6. The molecule has 3 aromatic rings. The quantitative estimate of drug-likeness (QED) is 0.663. The molecule has 9 nitrogen and oxygen atoms in total. The third-order valence-electron chi connectivity index (χ3n) is 5.19. The zero-order valence-electron chi connectivity index (χ0n) is 15.7. The van der Waals surface area contributed by atoms with Crippen molar-refractivity contribution in [2.75, 3.05) is 22.1 Å². The molecule has 0 bridgehead atoms. The minimum Gasteiger partial charge on any atom is -0.329 e. The van der Waals surface area contributed by atoms with E-state index in [0.717, 1.165) is 55.7 Å². The molecule has 0 spiro atoms. The van der Waals surface area contributed by atoms with Crippen LogP contribution >= 0.6 is 11.3 Å². The van der Waals surface area contributed by atoms with Crippen LogP contribution in [0.3, 0.4) is 0 Å². The molecule has 2 N–H and O–H groups in total. The molecule has 1 aliphatic carbocycles. The molecule has 1 atom stereocenters. The van der Waals surface area contributed by atoms with Gasteiger partial charge >= 0.3 is 0 Å². The molecule has 0 radical (unpaired) electrons. The average molecular weight is 408 g/mol. The topological polar surface area (TPSA) is 109 Å². The molecule has 29 heavy (non-hydrogen) atoms. The van der Waals surface area contributed by atoms with Crippen LogP contribution in [0.5, 0.6) is 0 Å². The van der Waals surface area contributed by atoms with Crippen LogP contribution in [-0.4, -0.2) is 43.4 Å². The van der Waals surface area contributed by atoms with Gasteiger partial charge in [-0.2, -0.15) is 4.98 Å². The Balaban J connectivity index is 1.44. The van der Waals surface area contributed by atoms with Crippen LogP contribution in [0, 0.1) is 0 Å². The zero-order valence-corrected chi connectivity index (χ0v) is 16.5. The molecule has 0 unspecified atom stereocenters. The summed E-state index contributed by atoms with van der Waals surface area (Å²) in [4.78, 5) is 37.1. The van der Waals surface area contributed by atoms with Crippen LogP contribution in [-0.2, 0) is 17.6 Å². The number of aryl methyl sites for hydroxylation is 1. The number of fused-ring (bicyclic) bond motifs is 1. The maximum absolute atomic E-state index is 12.8. The Hall–Kier alpha value is -3.14. The van der Waals surface area contributed by atoms with Gasteiger partial charge in [0.15, 0.2) is 5.13 Å². The standard InChI is InChI=1S/C19H20N8OS/c28-16(26-19-22-9-11-29-19)14-6-2-10-27(14)18-23-13-5-1-4-12(13)15(25-18)24-17-20-7-3-8-21-17/h3,7-9,11,14H,1-2,4-6,10H2,(H,22,26,28)(H,20,21,23,24,25)/t14-/m0/s1. The van der Waals surface area contributed by atoms with Crippen molar-refractivity contribution in [1.29, 1.82) is 0 Å². The summed E-state index contributed by atoms with van der Waals surface area (Å²) in [5.41, 5.74) is 2.16. The number of hydrogen-bond donors (Lipinski definition) is 2. The first-order valence-corrected chi connectivity index (χ1v) is 10.6. The molecule has 1 aliphatic heterocycles. The average Bonchev–Trinajstić information content (AvgIpc) is 3.49. The van der Waals surface area contributed by atoms with Gasteiger partial charge in [-0.25, -0.2) is 19.9 Å². The van der Waals surface area contributed by atoms with Gasteiger partial charge in [-0.1, -0.05) is 0 Å². The summed E-state index contributed by atoms with van der Waals surface area (Å²) in [6.07, 6.45) is 9.64. The van der Waals surface area contributed by atoms with Crippen molar-refractivity contribution in [3.8, 4) is 0 Å². The number of rotatable bonds is 5. The molecule has 0 saturated carbocycles. The molecule has 4 heterocycles. The Labute approximate surface area is 171 Å². The van der Waals surface area contributed by atoms with Gasteiger partial charge in [0.25, 0.3) is 0 Å². The van der Waals surface area contributed by atoms with Crippen LogP contribution in [0.25, 0.3) is 0 Å². The van der Waals surface area contributed by atoms with Gasteiger partial charge < -0.3 is 15.5 Å². The number of aromatic nitrogens is 5. The van der Waals surface area contributed by atoms with Crippen molar-refractivity contribution in [1.82, 2.24) is 24.9 Å². The summed E-state index contributed by atoms with van der Waals surface area (Å²) in [5.74, 6) is 1.76. The van der Waals surface area contributed by atoms with Crippen molar-refractivity contribution in [3.63, 3.8) is 0 Å². The Morgan fingerprint density at radius 2 is 2.00 bits per heavy atom. The molecule has 1 saturated heterocycles. The number of carbonyl (C=O) groups excluding carboxylic acids is 1. The maximum atomic E-state index is 12.8. The normalized spacial score (nSPS) is 17.9. The van der Waals surface area contributed by atoms with Gasteiger partial charge in [0.1, 0.15) is 11.9 Å². The molecule has 0 aromatic carbocycles. The smallest absolute Gasteiger partial charge is 0.248 e. The second kappa shape index (κ2) is 7.70. The first-order valence-electron chi connectivity index (χ1n) is 9.69. The second-order valence-corrected chi connectivity index (χ2v) is 7.92. The van der Waals surface area contributed by atoms with Crippen LogP contribution in [0.2, 0.25) is 0 Å². The van der Waals surface area contributed by atoms with Crippen molar-refractivity contribution in [2.24, 2.45) is 0 Å². The van der Waals surface area contributed by atoms with Crippen molar-refractivity contribution >= 4 is 40.1 Å². The van der Waals surface area contributed by atoms with E-state index in [4.69, 9.17) is 9.97 Å². The largest absolute Gasteiger partial charge is 0.329 e. The van der Waals surface area contributed by atoms with E-state index in [9.17, 15) is 4.79 Å². The van der Waals surface area contributed by atoms with Crippen LogP contribution in [0.4, 0.5) is 22.8 Å². The number of carbonyl (C=O) groups is 1. The molecule has 148 valence electrons. The lowest BCUT2D eigenvalue weighted by Gasteiger charge is -2.24. The van der Waals surface area contributed by atoms with E-state index in [-0.39, 0.29) is 11.9 Å². The summed E-state index contributed by atoms with van der Waals surface area (Å²) in [5, 5.41) is 8.60.